The molecular formula is C12H16ClN3O3. The summed E-state index contributed by atoms with van der Waals surface area (Å²) in [5.41, 5.74) is 1.04. The molecule has 1 heterocycles. The number of amides is 1. The van der Waals surface area contributed by atoms with Crippen LogP contribution in [0.25, 0.3) is 0 Å². The topological polar surface area (TPSA) is 75.5 Å². The first-order valence-electron chi connectivity index (χ1n) is 5.73. The zero-order chi connectivity index (χ0) is 13.3. The van der Waals surface area contributed by atoms with Crippen LogP contribution in [0.15, 0.2) is 18.2 Å². The number of hydrogen-bond acceptors (Lipinski definition) is 4. The molecule has 0 spiro atoms. The fourth-order valence-corrected chi connectivity index (χ4v) is 1.91. The van der Waals surface area contributed by atoms with E-state index in [0.29, 0.717) is 11.1 Å². The highest BCUT2D eigenvalue weighted by Crippen LogP contribution is 2.19. The van der Waals surface area contributed by atoms with Crippen molar-refractivity contribution in [2.24, 2.45) is 0 Å². The zero-order valence-electron chi connectivity index (χ0n) is 10.8. The highest BCUT2D eigenvalue weighted by atomic mass is 35.5. The largest absolute Gasteiger partial charge is 0.336 e. The van der Waals surface area contributed by atoms with Crippen molar-refractivity contribution >= 4 is 24.0 Å². The van der Waals surface area contributed by atoms with E-state index in [9.17, 15) is 14.9 Å². The van der Waals surface area contributed by atoms with Gasteiger partial charge >= 0.3 is 0 Å². The number of nitrogens with zero attached hydrogens (tertiary/aromatic N) is 2. The van der Waals surface area contributed by atoms with E-state index in [2.05, 4.69) is 5.32 Å². The Morgan fingerprint density at radius 2 is 2.05 bits per heavy atom. The van der Waals surface area contributed by atoms with Crippen LogP contribution in [0.4, 0.5) is 5.69 Å². The maximum atomic E-state index is 12.2. The maximum Gasteiger partial charge on any atom is 0.270 e. The van der Waals surface area contributed by atoms with Gasteiger partial charge in [-0.3, -0.25) is 14.9 Å². The Morgan fingerprint density at radius 3 is 2.53 bits per heavy atom. The minimum absolute atomic E-state index is 0. The lowest BCUT2D eigenvalue weighted by Crippen LogP contribution is -2.57. The van der Waals surface area contributed by atoms with Crippen molar-refractivity contribution in [3.05, 3.63) is 39.4 Å². The summed E-state index contributed by atoms with van der Waals surface area (Å²) in [6.07, 6.45) is 0. The Kier molecular flexibility index (Phi) is 4.85. The Bertz CT molecular complexity index is 503. The van der Waals surface area contributed by atoms with Crippen LogP contribution >= 0.6 is 12.4 Å². The first-order valence-corrected chi connectivity index (χ1v) is 5.73. The maximum absolute atomic E-state index is 12.2. The van der Waals surface area contributed by atoms with E-state index in [1.54, 1.807) is 24.9 Å². The van der Waals surface area contributed by atoms with Crippen LogP contribution in [-0.4, -0.2) is 41.9 Å². The van der Waals surface area contributed by atoms with Gasteiger partial charge in [-0.15, -0.1) is 12.4 Å². The molecule has 0 radical (unpaired) electrons. The smallest absolute Gasteiger partial charge is 0.270 e. The van der Waals surface area contributed by atoms with Crippen LogP contribution in [0, 0.1) is 17.0 Å². The van der Waals surface area contributed by atoms with Gasteiger partial charge in [0.2, 0.25) is 0 Å². The number of benzene rings is 1. The molecule has 0 saturated carbocycles. The van der Waals surface area contributed by atoms with Crippen LogP contribution in [0.3, 0.4) is 0 Å². The molecule has 0 aromatic heterocycles. The van der Waals surface area contributed by atoms with E-state index in [0.717, 1.165) is 13.1 Å². The summed E-state index contributed by atoms with van der Waals surface area (Å²) in [6.45, 7) is 3.29. The lowest BCUT2D eigenvalue weighted by molar-refractivity contribution is -0.384. The van der Waals surface area contributed by atoms with Crippen LogP contribution in [0.5, 0.6) is 0 Å². The Balaban J connectivity index is 0.00000180. The molecule has 19 heavy (non-hydrogen) atoms. The number of rotatable bonds is 3. The number of nitro groups is 1. The van der Waals surface area contributed by atoms with E-state index in [4.69, 9.17) is 0 Å². The average Bonchev–Trinajstić information content (AvgIpc) is 2.24. The molecule has 1 amide bonds. The van der Waals surface area contributed by atoms with E-state index in [1.807, 2.05) is 0 Å². The minimum Gasteiger partial charge on any atom is -0.336 e. The molecule has 1 N–H and O–H groups in total. The minimum atomic E-state index is -0.477. The van der Waals surface area contributed by atoms with Gasteiger partial charge in [-0.1, -0.05) is 0 Å². The highest BCUT2D eigenvalue weighted by Gasteiger charge is 2.26. The number of nitrogens with one attached hydrogen (secondary N) is 1. The molecule has 1 saturated heterocycles. The molecule has 0 unspecified atom stereocenters. The van der Waals surface area contributed by atoms with E-state index >= 15 is 0 Å². The summed E-state index contributed by atoms with van der Waals surface area (Å²) in [5.74, 6) is -0.173. The van der Waals surface area contributed by atoms with Crippen LogP contribution in [0.1, 0.15) is 15.9 Å². The number of hydrogen-bond donors (Lipinski definition) is 1. The summed E-state index contributed by atoms with van der Waals surface area (Å²) in [5, 5.41) is 13.9. The number of halogens is 1. The van der Waals surface area contributed by atoms with Gasteiger partial charge in [0, 0.05) is 37.8 Å². The third kappa shape index (κ3) is 3.21. The van der Waals surface area contributed by atoms with Crippen molar-refractivity contribution in [2.75, 3.05) is 20.1 Å². The van der Waals surface area contributed by atoms with Crippen molar-refractivity contribution < 1.29 is 9.72 Å². The first kappa shape index (κ1) is 15.4. The number of likely N-dealkylation sites (N-methyl/N-ethyl adjacent to an activating group) is 1. The summed E-state index contributed by atoms with van der Waals surface area (Å²) in [7, 11) is 1.72. The number of nitro benzene ring substituents is 1. The average molecular weight is 286 g/mol. The van der Waals surface area contributed by atoms with Crippen LogP contribution in [0.2, 0.25) is 0 Å². The standard InChI is InChI=1S/C12H15N3O3.ClH/c1-8-3-9(5-10(4-8)15(17)18)12(16)14(2)11-6-13-7-11;/h3-5,11,13H,6-7H2,1-2H3;1H. The molecule has 0 atom stereocenters. The Morgan fingerprint density at radius 1 is 1.42 bits per heavy atom. The molecule has 0 bridgehead atoms. The van der Waals surface area contributed by atoms with Crippen molar-refractivity contribution in [1.82, 2.24) is 10.2 Å². The lowest BCUT2D eigenvalue weighted by Gasteiger charge is -2.35. The molecule has 7 heteroatoms. The fraction of sp³-hybridized carbons (Fsp3) is 0.417. The molecular weight excluding hydrogens is 270 g/mol. The van der Waals surface area contributed by atoms with Gasteiger partial charge in [0.1, 0.15) is 0 Å². The van der Waals surface area contributed by atoms with E-state index < -0.39 is 4.92 Å². The predicted molar refractivity (Wildman–Crippen MR) is 73.8 cm³/mol. The monoisotopic (exact) mass is 285 g/mol. The Labute approximate surface area is 117 Å². The van der Waals surface area contributed by atoms with Gasteiger partial charge < -0.3 is 10.2 Å². The third-order valence-electron chi connectivity index (χ3n) is 3.15. The molecule has 1 fully saturated rings. The van der Waals surface area contributed by atoms with Crippen molar-refractivity contribution in [2.45, 2.75) is 13.0 Å². The fourth-order valence-electron chi connectivity index (χ4n) is 1.91. The molecule has 1 aromatic carbocycles. The normalized spacial score (nSPS) is 14.2. The second-order valence-electron chi connectivity index (χ2n) is 4.54. The molecule has 104 valence electrons. The summed E-state index contributed by atoms with van der Waals surface area (Å²) < 4.78 is 0. The first-order chi connectivity index (χ1) is 8.49. The number of carbonyl (C=O) groups is 1. The number of aryl methyl sites for hydroxylation is 1. The van der Waals surface area contributed by atoms with E-state index in [1.165, 1.54) is 12.1 Å². The molecule has 0 aliphatic carbocycles. The summed E-state index contributed by atoms with van der Waals surface area (Å²) in [4.78, 5) is 24.1. The zero-order valence-corrected chi connectivity index (χ0v) is 11.6. The SMILES string of the molecule is Cc1cc(C(=O)N(C)C2CNC2)cc([N+](=O)[O-])c1.Cl. The lowest BCUT2D eigenvalue weighted by atomic mass is 10.1. The predicted octanol–water partition coefficient (Wildman–Crippen LogP) is 1.37. The van der Waals surface area contributed by atoms with Crippen LogP contribution < -0.4 is 5.32 Å². The van der Waals surface area contributed by atoms with Crippen molar-refractivity contribution in [3.63, 3.8) is 0 Å². The highest BCUT2D eigenvalue weighted by molar-refractivity contribution is 5.95. The molecule has 6 nitrogen and oxygen atoms in total. The molecule has 1 aromatic rings. The molecule has 2 rings (SSSR count). The summed E-state index contributed by atoms with van der Waals surface area (Å²) >= 11 is 0. The second-order valence-corrected chi connectivity index (χ2v) is 4.54. The van der Waals surface area contributed by atoms with Gasteiger partial charge in [-0.25, -0.2) is 0 Å². The van der Waals surface area contributed by atoms with Gasteiger partial charge in [0.25, 0.3) is 11.6 Å². The van der Waals surface area contributed by atoms with Gasteiger partial charge in [0.15, 0.2) is 0 Å². The van der Waals surface area contributed by atoms with Gasteiger partial charge in [0.05, 0.1) is 11.0 Å². The molecule has 1 aliphatic rings. The van der Waals surface area contributed by atoms with Crippen LogP contribution in [-0.2, 0) is 0 Å². The number of carbonyl (C=O) groups excluding carboxylic acids is 1. The quantitative estimate of drug-likeness (QED) is 0.672. The molecule has 1 aliphatic heterocycles. The van der Waals surface area contributed by atoms with Gasteiger partial charge in [-0.05, 0) is 18.6 Å². The van der Waals surface area contributed by atoms with E-state index in [-0.39, 0.29) is 30.0 Å². The Hall–Kier alpha value is -1.66. The van der Waals surface area contributed by atoms with Gasteiger partial charge in [-0.2, -0.15) is 0 Å². The number of non-ortho nitro benzene ring substituents is 1. The third-order valence-corrected chi connectivity index (χ3v) is 3.15. The summed E-state index contributed by atoms with van der Waals surface area (Å²) in [6, 6.07) is 4.65. The van der Waals surface area contributed by atoms with Crippen molar-refractivity contribution in [3.8, 4) is 0 Å². The second kappa shape index (κ2) is 5.99. The van der Waals surface area contributed by atoms with Crippen molar-refractivity contribution in [1.29, 1.82) is 0 Å².